The number of benzene rings is 3. The van der Waals surface area contributed by atoms with Crippen LogP contribution in [-0.2, 0) is 4.74 Å². The molecule has 3 aromatic rings. The van der Waals surface area contributed by atoms with E-state index in [1.807, 2.05) is 60.7 Å². The summed E-state index contributed by atoms with van der Waals surface area (Å²) in [5, 5.41) is 4.19. The molecule has 4 heteroatoms. The number of methoxy groups -OCH3 is 1. The molecule has 0 fully saturated rings. The molecule has 1 N–H and O–H groups in total. The summed E-state index contributed by atoms with van der Waals surface area (Å²) in [6.45, 7) is 0. The van der Waals surface area contributed by atoms with E-state index in [1.54, 1.807) is 7.11 Å². The largest absolute Gasteiger partial charge is 0.496 e. The summed E-state index contributed by atoms with van der Waals surface area (Å²) in [4.78, 5) is 0. The zero-order valence-corrected chi connectivity index (χ0v) is 14.5. The van der Waals surface area contributed by atoms with Crippen molar-refractivity contribution in [3.63, 3.8) is 0 Å². The van der Waals surface area contributed by atoms with Gasteiger partial charge >= 0.3 is 0 Å². The van der Waals surface area contributed by atoms with Crippen LogP contribution in [0.4, 0.5) is 5.69 Å². The van der Waals surface area contributed by atoms with Gasteiger partial charge < -0.3 is 14.8 Å². The second-order valence-corrected chi connectivity index (χ2v) is 6.36. The molecule has 0 aromatic heterocycles. The molecular weight excluding hydrogens is 334 g/mol. The van der Waals surface area contributed by atoms with E-state index in [-0.39, 0.29) is 12.3 Å². The van der Waals surface area contributed by atoms with Crippen molar-refractivity contribution >= 4 is 17.3 Å². The van der Waals surface area contributed by atoms with Crippen LogP contribution in [0.5, 0.6) is 5.75 Å². The lowest BCUT2D eigenvalue weighted by Crippen LogP contribution is -2.25. The van der Waals surface area contributed by atoms with Crippen molar-refractivity contribution in [3.8, 4) is 5.75 Å². The number of fused-ring (bicyclic) bond motifs is 1. The van der Waals surface area contributed by atoms with Gasteiger partial charge in [0.25, 0.3) is 0 Å². The number of rotatable bonds is 3. The fraction of sp³-hybridized carbons (Fsp3) is 0.143. The predicted molar refractivity (Wildman–Crippen MR) is 100 cm³/mol. The molecule has 25 heavy (non-hydrogen) atoms. The molecule has 126 valence electrons. The number of halogens is 1. The second-order valence-electron chi connectivity index (χ2n) is 5.92. The first-order valence-corrected chi connectivity index (χ1v) is 8.53. The van der Waals surface area contributed by atoms with Crippen LogP contribution in [0.25, 0.3) is 0 Å². The molecule has 0 amide bonds. The van der Waals surface area contributed by atoms with Crippen LogP contribution < -0.4 is 10.1 Å². The number of para-hydroxylation sites is 2. The highest BCUT2D eigenvalue weighted by molar-refractivity contribution is 6.30. The normalized spacial score (nSPS) is 19.0. The van der Waals surface area contributed by atoms with Crippen molar-refractivity contribution in [3.05, 3.63) is 94.5 Å². The van der Waals surface area contributed by atoms with Gasteiger partial charge in [-0.25, -0.2) is 0 Å². The molecule has 3 aromatic carbocycles. The number of anilines is 1. The van der Waals surface area contributed by atoms with E-state index in [0.717, 1.165) is 28.1 Å². The van der Waals surface area contributed by atoms with Crippen molar-refractivity contribution in [2.75, 3.05) is 12.4 Å². The Hall–Kier alpha value is -2.49. The molecule has 1 aliphatic heterocycles. The predicted octanol–water partition coefficient (Wildman–Crippen LogP) is 5.58. The Morgan fingerprint density at radius 3 is 2.32 bits per heavy atom. The van der Waals surface area contributed by atoms with Gasteiger partial charge in [0.15, 0.2) is 6.23 Å². The highest BCUT2D eigenvalue weighted by Gasteiger charge is 2.30. The van der Waals surface area contributed by atoms with Crippen LogP contribution in [0.1, 0.15) is 29.0 Å². The van der Waals surface area contributed by atoms with Crippen LogP contribution in [0.2, 0.25) is 5.02 Å². The molecule has 0 spiro atoms. The van der Waals surface area contributed by atoms with E-state index >= 15 is 0 Å². The molecular formula is C21H18ClNO2. The van der Waals surface area contributed by atoms with E-state index in [4.69, 9.17) is 21.1 Å². The molecule has 0 saturated heterocycles. The Morgan fingerprint density at radius 1 is 0.880 bits per heavy atom. The summed E-state index contributed by atoms with van der Waals surface area (Å²) in [5.74, 6) is 0.800. The monoisotopic (exact) mass is 351 g/mol. The quantitative estimate of drug-likeness (QED) is 0.668. The number of ether oxygens (including phenoxy) is 2. The fourth-order valence-electron chi connectivity index (χ4n) is 3.17. The first-order valence-electron chi connectivity index (χ1n) is 8.15. The zero-order valence-electron chi connectivity index (χ0n) is 13.8. The standard InChI is InChI=1S/C21H18ClNO2/c1-24-19-9-5-3-7-17(19)21-23-18-8-4-2-6-16(18)20(25-21)14-10-12-15(22)13-11-14/h2-13,20-21,23H,1H3. The lowest BCUT2D eigenvalue weighted by molar-refractivity contribution is 0.0145. The van der Waals surface area contributed by atoms with Crippen molar-refractivity contribution in [2.45, 2.75) is 12.3 Å². The maximum Gasteiger partial charge on any atom is 0.158 e. The Balaban J connectivity index is 1.77. The van der Waals surface area contributed by atoms with E-state index in [2.05, 4.69) is 17.4 Å². The third kappa shape index (κ3) is 3.09. The maximum atomic E-state index is 6.43. The van der Waals surface area contributed by atoms with Gasteiger partial charge in [-0.3, -0.25) is 0 Å². The summed E-state index contributed by atoms with van der Waals surface area (Å²) >= 11 is 6.05. The van der Waals surface area contributed by atoms with Crippen molar-refractivity contribution in [1.82, 2.24) is 0 Å². The molecule has 2 unspecified atom stereocenters. The molecule has 1 heterocycles. The van der Waals surface area contributed by atoms with Crippen LogP contribution in [-0.4, -0.2) is 7.11 Å². The van der Waals surface area contributed by atoms with Crippen molar-refractivity contribution in [1.29, 1.82) is 0 Å². The van der Waals surface area contributed by atoms with Gasteiger partial charge in [-0.05, 0) is 29.8 Å². The summed E-state index contributed by atoms with van der Waals surface area (Å²) < 4.78 is 11.9. The third-order valence-corrected chi connectivity index (χ3v) is 4.65. The number of hydrogen-bond donors (Lipinski definition) is 1. The Kier molecular flexibility index (Phi) is 4.35. The van der Waals surface area contributed by atoms with Crippen LogP contribution >= 0.6 is 11.6 Å². The van der Waals surface area contributed by atoms with Gasteiger partial charge in [0, 0.05) is 21.8 Å². The van der Waals surface area contributed by atoms with Crippen LogP contribution in [0.3, 0.4) is 0 Å². The minimum absolute atomic E-state index is 0.176. The highest BCUT2D eigenvalue weighted by atomic mass is 35.5. The fourth-order valence-corrected chi connectivity index (χ4v) is 3.30. The molecule has 3 nitrogen and oxygen atoms in total. The molecule has 0 saturated carbocycles. The number of nitrogens with one attached hydrogen (secondary N) is 1. The maximum absolute atomic E-state index is 6.43. The van der Waals surface area contributed by atoms with Gasteiger partial charge in [-0.2, -0.15) is 0 Å². The third-order valence-electron chi connectivity index (χ3n) is 4.40. The van der Waals surface area contributed by atoms with Crippen molar-refractivity contribution in [2.24, 2.45) is 0 Å². The van der Waals surface area contributed by atoms with Gasteiger partial charge in [0.1, 0.15) is 11.9 Å². The molecule has 1 aliphatic rings. The molecule has 0 bridgehead atoms. The molecule has 2 atom stereocenters. The Bertz CT molecular complexity index is 879. The zero-order chi connectivity index (χ0) is 17.2. The average molecular weight is 352 g/mol. The first kappa shape index (κ1) is 16.0. The smallest absolute Gasteiger partial charge is 0.158 e. The van der Waals surface area contributed by atoms with Gasteiger partial charge in [-0.1, -0.05) is 60.1 Å². The van der Waals surface area contributed by atoms with Crippen LogP contribution in [0.15, 0.2) is 72.8 Å². The molecule has 0 radical (unpaired) electrons. The van der Waals surface area contributed by atoms with E-state index in [0.29, 0.717) is 5.02 Å². The van der Waals surface area contributed by atoms with Crippen molar-refractivity contribution < 1.29 is 9.47 Å². The molecule has 0 aliphatic carbocycles. The van der Waals surface area contributed by atoms with Crippen LogP contribution in [0, 0.1) is 0 Å². The van der Waals surface area contributed by atoms with Gasteiger partial charge in [0.05, 0.1) is 7.11 Å². The Labute approximate surface area is 152 Å². The van der Waals surface area contributed by atoms with Gasteiger partial charge in [0.2, 0.25) is 0 Å². The first-order chi connectivity index (χ1) is 12.3. The number of hydrogen-bond acceptors (Lipinski definition) is 3. The minimum atomic E-state index is -0.299. The highest BCUT2D eigenvalue weighted by Crippen LogP contribution is 2.43. The topological polar surface area (TPSA) is 30.5 Å². The molecule has 4 rings (SSSR count). The lowest BCUT2D eigenvalue weighted by atomic mass is 9.97. The second kappa shape index (κ2) is 6.79. The summed E-state index contributed by atoms with van der Waals surface area (Å²) in [6.07, 6.45) is -0.476. The lowest BCUT2D eigenvalue weighted by Gasteiger charge is -2.34. The SMILES string of the molecule is COc1ccccc1C1Nc2ccccc2C(c2ccc(Cl)cc2)O1. The van der Waals surface area contributed by atoms with E-state index < -0.39 is 0 Å². The minimum Gasteiger partial charge on any atom is -0.496 e. The summed E-state index contributed by atoms with van der Waals surface area (Å²) in [7, 11) is 1.67. The Morgan fingerprint density at radius 2 is 1.56 bits per heavy atom. The average Bonchev–Trinajstić information content (AvgIpc) is 2.68. The van der Waals surface area contributed by atoms with E-state index in [1.165, 1.54) is 0 Å². The van der Waals surface area contributed by atoms with Gasteiger partial charge in [-0.15, -0.1) is 0 Å². The summed E-state index contributed by atoms with van der Waals surface area (Å²) in [6, 6.07) is 23.9. The summed E-state index contributed by atoms with van der Waals surface area (Å²) in [5.41, 5.74) is 4.21. The van der Waals surface area contributed by atoms with E-state index in [9.17, 15) is 0 Å².